The van der Waals surface area contributed by atoms with Gasteiger partial charge >= 0.3 is 0 Å². The van der Waals surface area contributed by atoms with Crippen LogP contribution < -0.4 is 10.1 Å². The van der Waals surface area contributed by atoms with Crippen LogP contribution in [0.3, 0.4) is 0 Å². The van der Waals surface area contributed by atoms with E-state index < -0.39 is 15.9 Å². The van der Waals surface area contributed by atoms with E-state index in [4.69, 9.17) is 13.7 Å². The molecule has 1 saturated heterocycles. The normalized spacial score (nSPS) is 17.3. The molecule has 3 heterocycles. The first-order chi connectivity index (χ1) is 15.9. The minimum atomic E-state index is -3.93. The molecule has 2 aromatic heterocycles. The van der Waals surface area contributed by atoms with Gasteiger partial charge in [0.05, 0.1) is 19.3 Å². The maximum absolute atomic E-state index is 13.5. The quantitative estimate of drug-likeness (QED) is 0.557. The van der Waals surface area contributed by atoms with Gasteiger partial charge in [-0.3, -0.25) is 4.79 Å². The molecule has 1 atom stereocenters. The molecule has 33 heavy (non-hydrogen) atoms. The van der Waals surface area contributed by atoms with Gasteiger partial charge in [-0.15, -0.1) is 0 Å². The highest BCUT2D eigenvalue weighted by Gasteiger charge is 2.37. The van der Waals surface area contributed by atoms with Crippen LogP contribution in [0.1, 0.15) is 30.1 Å². The molecule has 10 heteroatoms. The average molecular weight is 472 g/mol. The van der Waals surface area contributed by atoms with E-state index in [0.29, 0.717) is 36.6 Å². The molecule has 4 rings (SSSR count). The third kappa shape index (κ3) is 5.01. The van der Waals surface area contributed by atoms with E-state index >= 15 is 0 Å². The predicted octanol–water partition coefficient (Wildman–Crippen LogP) is 3.79. The van der Waals surface area contributed by atoms with Crippen molar-refractivity contribution in [3.8, 4) is 5.75 Å². The standard InChI is InChI=1S/C23H25N3O6S/c1-16-22(21(32-25-16)11-10-19-9-5-13-31-19)33(28,29)26-12-4-6-17(15-26)23(27)24-18-7-3-8-20(14-18)30-2/h3,5,7-11,13-14,17H,4,6,12,15H2,1-2H3,(H,24,27). The third-order valence-corrected chi connectivity index (χ3v) is 7.49. The Morgan fingerprint density at radius 2 is 2.12 bits per heavy atom. The second-order valence-corrected chi connectivity index (χ2v) is 9.61. The number of aryl methyl sites for hydroxylation is 1. The van der Waals surface area contributed by atoms with E-state index in [1.54, 1.807) is 56.5 Å². The van der Waals surface area contributed by atoms with Crippen molar-refractivity contribution in [2.75, 3.05) is 25.5 Å². The minimum Gasteiger partial charge on any atom is -0.497 e. The highest BCUT2D eigenvalue weighted by Crippen LogP contribution is 2.30. The summed E-state index contributed by atoms with van der Waals surface area (Å²) in [5.74, 6) is 0.579. The molecule has 1 aliphatic heterocycles. The zero-order valence-corrected chi connectivity index (χ0v) is 19.2. The van der Waals surface area contributed by atoms with Crippen LogP contribution in [0.4, 0.5) is 5.69 Å². The monoisotopic (exact) mass is 471 g/mol. The zero-order chi connectivity index (χ0) is 23.4. The van der Waals surface area contributed by atoms with Gasteiger partial charge in [-0.2, -0.15) is 4.31 Å². The molecule has 174 valence electrons. The van der Waals surface area contributed by atoms with Gasteiger partial charge in [0.15, 0.2) is 10.7 Å². The number of sulfonamides is 1. The summed E-state index contributed by atoms with van der Waals surface area (Å²) in [6.45, 7) is 1.97. The highest BCUT2D eigenvalue weighted by atomic mass is 32.2. The van der Waals surface area contributed by atoms with Gasteiger partial charge in [0.25, 0.3) is 0 Å². The number of benzene rings is 1. The number of furan rings is 1. The van der Waals surface area contributed by atoms with Crippen LogP contribution in [-0.4, -0.2) is 44.0 Å². The number of piperidine rings is 1. The predicted molar refractivity (Wildman–Crippen MR) is 122 cm³/mol. The molecule has 0 saturated carbocycles. The first-order valence-electron chi connectivity index (χ1n) is 10.5. The van der Waals surface area contributed by atoms with Crippen LogP contribution in [0.2, 0.25) is 0 Å². The van der Waals surface area contributed by atoms with Crippen LogP contribution in [0, 0.1) is 12.8 Å². The smallest absolute Gasteiger partial charge is 0.248 e. The summed E-state index contributed by atoms with van der Waals surface area (Å²) in [4.78, 5) is 12.9. The number of aromatic nitrogens is 1. The molecule has 1 fully saturated rings. The maximum Gasteiger partial charge on any atom is 0.248 e. The molecule has 3 aromatic rings. The number of carbonyl (C=O) groups excluding carboxylic acids is 1. The van der Waals surface area contributed by atoms with Gasteiger partial charge in [0, 0.05) is 24.8 Å². The van der Waals surface area contributed by atoms with E-state index in [0.717, 1.165) is 0 Å². The molecule has 1 N–H and O–H groups in total. The van der Waals surface area contributed by atoms with Crippen molar-refractivity contribution in [3.63, 3.8) is 0 Å². The van der Waals surface area contributed by atoms with Gasteiger partial charge in [0.1, 0.15) is 17.2 Å². The van der Waals surface area contributed by atoms with Gasteiger partial charge in [0.2, 0.25) is 15.9 Å². The summed E-state index contributed by atoms with van der Waals surface area (Å²) >= 11 is 0. The Kier molecular flexibility index (Phi) is 6.66. The lowest BCUT2D eigenvalue weighted by molar-refractivity contribution is -0.120. The Morgan fingerprint density at radius 1 is 1.27 bits per heavy atom. The van der Waals surface area contributed by atoms with Crippen molar-refractivity contribution in [2.45, 2.75) is 24.7 Å². The molecule has 0 aliphatic carbocycles. The molecule has 0 radical (unpaired) electrons. The summed E-state index contributed by atoms with van der Waals surface area (Å²) < 4.78 is 44.0. The summed E-state index contributed by atoms with van der Waals surface area (Å²) in [7, 11) is -2.37. The van der Waals surface area contributed by atoms with Crippen molar-refractivity contribution < 1.29 is 26.9 Å². The first kappa shape index (κ1) is 22.8. The fraction of sp³-hybridized carbons (Fsp3) is 0.304. The topological polar surface area (TPSA) is 115 Å². The summed E-state index contributed by atoms with van der Waals surface area (Å²) in [6, 6.07) is 10.5. The van der Waals surface area contributed by atoms with Gasteiger partial charge in [-0.25, -0.2) is 8.42 Å². The summed E-state index contributed by atoms with van der Waals surface area (Å²) in [5, 5.41) is 6.71. The number of hydrogen-bond donors (Lipinski definition) is 1. The number of anilines is 1. The molecular formula is C23H25N3O6S. The fourth-order valence-electron chi connectivity index (χ4n) is 3.79. The van der Waals surface area contributed by atoms with Gasteiger partial charge in [-0.05, 0) is 56.2 Å². The third-order valence-electron chi connectivity index (χ3n) is 5.47. The van der Waals surface area contributed by atoms with Crippen molar-refractivity contribution >= 4 is 33.8 Å². The average Bonchev–Trinajstić information content (AvgIpc) is 3.47. The SMILES string of the molecule is COc1cccc(NC(=O)C2CCCN(S(=O)(=O)c3c(C)noc3C=Cc3ccco3)C2)c1. The number of nitrogens with zero attached hydrogens (tertiary/aromatic N) is 2. The molecule has 1 aliphatic rings. The van der Waals surface area contributed by atoms with Crippen LogP contribution in [0.5, 0.6) is 5.75 Å². The number of methoxy groups -OCH3 is 1. The molecular weight excluding hydrogens is 446 g/mol. The van der Waals surface area contributed by atoms with E-state index in [2.05, 4.69) is 10.5 Å². The molecule has 1 aromatic carbocycles. The van der Waals surface area contributed by atoms with Gasteiger partial charge in [-0.1, -0.05) is 11.2 Å². The number of ether oxygens (including phenoxy) is 1. The maximum atomic E-state index is 13.5. The molecule has 1 unspecified atom stereocenters. The lowest BCUT2D eigenvalue weighted by Gasteiger charge is -2.31. The Morgan fingerprint density at radius 3 is 2.88 bits per heavy atom. The lowest BCUT2D eigenvalue weighted by Crippen LogP contribution is -2.43. The zero-order valence-electron chi connectivity index (χ0n) is 18.4. The fourth-order valence-corrected chi connectivity index (χ4v) is 5.57. The number of carbonyl (C=O) groups is 1. The lowest BCUT2D eigenvalue weighted by atomic mass is 9.98. The van der Waals surface area contributed by atoms with E-state index in [9.17, 15) is 13.2 Å². The van der Waals surface area contributed by atoms with E-state index in [1.807, 2.05) is 0 Å². The molecule has 0 bridgehead atoms. The Hall–Kier alpha value is -3.37. The summed E-state index contributed by atoms with van der Waals surface area (Å²) in [5.41, 5.74) is 0.858. The largest absolute Gasteiger partial charge is 0.497 e. The molecule has 9 nitrogen and oxygen atoms in total. The van der Waals surface area contributed by atoms with Crippen molar-refractivity contribution in [1.29, 1.82) is 0 Å². The van der Waals surface area contributed by atoms with Gasteiger partial charge < -0.3 is 19.0 Å². The molecule has 1 amide bonds. The Balaban J connectivity index is 1.52. The Bertz CT molecular complexity index is 1250. The number of rotatable bonds is 7. The van der Waals surface area contributed by atoms with Crippen molar-refractivity contribution in [1.82, 2.24) is 9.46 Å². The summed E-state index contributed by atoms with van der Waals surface area (Å²) in [6.07, 6.45) is 5.81. The minimum absolute atomic E-state index is 0.000778. The number of amides is 1. The van der Waals surface area contributed by atoms with Crippen LogP contribution in [0.25, 0.3) is 12.2 Å². The van der Waals surface area contributed by atoms with E-state index in [-0.39, 0.29) is 28.8 Å². The second-order valence-electron chi connectivity index (χ2n) is 7.73. The van der Waals surface area contributed by atoms with Crippen molar-refractivity contribution in [2.24, 2.45) is 5.92 Å². The van der Waals surface area contributed by atoms with Crippen molar-refractivity contribution in [3.05, 3.63) is 59.9 Å². The Labute approximate surface area is 192 Å². The number of hydrogen-bond acceptors (Lipinski definition) is 7. The van der Waals surface area contributed by atoms with E-state index in [1.165, 1.54) is 16.6 Å². The van der Waals surface area contributed by atoms with Crippen LogP contribution in [-0.2, 0) is 14.8 Å². The van der Waals surface area contributed by atoms with Crippen LogP contribution in [0.15, 0.2) is 56.5 Å². The highest BCUT2D eigenvalue weighted by molar-refractivity contribution is 7.89. The second kappa shape index (κ2) is 9.63. The van der Waals surface area contributed by atoms with Crippen LogP contribution >= 0.6 is 0 Å². The first-order valence-corrected chi connectivity index (χ1v) is 12.0. The number of nitrogens with one attached hydrogen (secondary N) is 1. The molecule has 0 spiro atoms.